The van der Waals surface area contributed by atoms with E-state index >= 15 is 0 Å². The van der Waals surface area contributed by atoms with Gasteiger partial charge >= 0.3 is 0 Å². The fourth-order valence-corrected chi connectivity index (χ4v) is 4.07. The van der Waals surface area contributed by atoms with Crippen molar-refractivity contribution in [1.82, 2.24) is 0 Å². The summed E-state index contributed by atoms with van der Waals surface area (Å²) in [6, 6.07) is 11.8. The Balaban J connectivity index is 2.22. The highest BCUT2D eigenvalue weighted by Gasteiger charge is 2.17. The highest BCUT2D eigenvalue weighted by Crippen LogP contribution is 2.28. The van der Waals surface area contributed by atoms with E-state index in [1.54, 1.807) is 36.4 Å². The molecule has 0 amide bonds. The van der Waals surface area contributed by atoms with Gasteiger partial charge in [0, 0.05) is 10.0 Å². The molecule has 0 heterocycles. The molecule has 0 aromatic heterocycles. The Hall–Kier alpha value is -0.680. The number of benzene rings is 2. The van der Waals surface area contributed by atoms with Crippen LogP contribution in [0.3, 0.4) is 0 Å². The standard InChI is InChI=1S/C14H9BrCl2O2S/c15-10-4-1-3-9(7-10)13(18)8-20(19)14-11(16)5-2-6-12(14)17/h1-7H,8H2. The van der Waals surface area contributed by atoms with Crippen molar-refractivity contribution in [1.29, 1.82) is 0 Å². The second kappa shape index (κ2) is 6.85. The third kappa shape index (κ3) is 3.70. The Labute approximate surface area is 137 Å². The van der Waals surface area contributed by atoms with Crippen molar-refractivity contribution in [2.45, 2.75) is 4.90 Å². The molecule has 2 aromatic carbocycles. The molecular weight excluding hydrogens is 383 g/mol. The topological polar surface area (TPSA) is 34.1 Å². The van der Waals surface area contributed by atoms with Crippen LogP contribution >= 0.6 is 39.1 Å². The lowest BCUT2D eigenvalue weighted by Crippen LogP contribution is -2.11. The molecule has 0 saturated heterocycles. The SMILES string of the molecule is O=C(CS(=O)c1c(Cl)cccc1Cl)c1cccc(Br)c1. The highest BCUT2D eigenvalue weighted by molar-refractivity contribution is 9.10. The summed E-state index contributed by atoms with van der Waals surface area (Å²) < 4.78 is 13.1. The number of carbonyl (C=O) groups is 1. The molecule has 0 aliphatic carbocycles. The van der Waals surface area contributed by atoms with Crippen LogP contribution in [0.4, 0.5) is 0 Å². The van der Waals surface area contributed by atoms with Crippen LogP contribution in [0.2, 0.25) is 10.0 Å². The second-order valence-electron chi connectivity index (χ2n) is 3.97. The van der Waals surface area contributed by atoms with Crippen molar-refractivity contribution in [2.75, 3.05) is 5.75 Å². The number of carbonyl (C=O) groups excluding carboxylic acids is 1. The summed E-state index contributed by atoms with van der Waals surface area (Å²) in [5, 5.41) is 0.607. The van der Waals surface area contributed by atoms with E-state index < -0.39 is 10.8 Å². The molecule has 1 unspecified atom stereocenters. The molecule has 6 heteroatoms. The minimum absolute atomic E-state index is 0.153. The summed E-state index contributed by atoms with van der Waals surface area (Å²) in [5.74, 6) is -0.375. The zero-order valence-corrected chi connectivity index (χ0v) is 14.0. The number of hydrogen-bond acceptors (Lipinski definition) is 2. The number of halogens is 3. The van der Waals surface area contributed by atoms with Gasteiger partial charge in [-0.25, -0.2) is 0 Å². The minimum atomic E-state index is -1.57. The normalized spacial score (nSPS) is 12.2. The van der Waals surface area contributed by atoms with Gasteiger partial charge in [-0.15, -0.1) is 0 Å². The van der Waals surface area contributed by atoms with Crippen LogP contribution in [-0.4, -0.2) is 15.7 Å². The van der Waals surface area contributed by atoms with E-state index in [0.717, 1.165) is 4.47 Å². The molecule has 0 aliphatic rings. The molecule has 0 fully saturated rings. The van der Waals surface area contributed by atoms with Crippen molar-refractivity contribution in [2.24, 2.45) is 0 Å². The predicted octanol–water partition coefficient (Wildman–Crippen LogP) is 4.75. The maximum atomic E-state index is 12.3. The first kappa shape index (κ1) is 15.7. The van der Waals surface area contributed by atoms with Gasteiger partial charge in [-0.1, -0.05) is 57.3 Å². The molecule has 2 aromatic rings. The Morgan fingerprint density at radius 1 is 1.10 bits per heavy atom. The summed E-state index contributed by atoms with van der Waals surface area (Å²) in [5.41, 5.74) is 0.496. The van der Waals surface area contributed by atoms with Crippen LogP contribution in [0, 0.1) is 0 Å². The van der Waals surface area contributed by atoms with E-state index in [1.807, 2.05) is 6.07 Å². The van der Waals surface area contributed by atoms with Crippen LogP contribution in [0.25, 0.3) is 0 Å². The molecule has 0 radical (unpaired) electrons. The lowest BCUT2D eigenvalue weighted by molar-refractivity contribution is 0.102. The Morgan fingerprint density at radius 2 is 1.70 bits per heavy atom. The van der Waals surface area contributed by atoms with Gasteiger partial charge in [-0.3, -0.25) is 9.00 Å². The predicted molar refractivity (Wildman–Crippen MR) is 86.2 cm³/mol. The summed E-state index contributed by atoms with van der Waals surface area (Å²) in [4.78, 5) is 12.4. The van der Waals surface area contributed by atoms with E-state index in [1.165, 1.54) is 0 Å². The molecule has 0 spiro atoms. The van der Waals surface area contributed by atoms with Crippen molar-refractivity contribution in [3.8, 4) is 0 Å². The van der Waals surface area contributed by atoms with Crippen molar-refractivity contribution >= 4 is 55.7 Å². The monoisotopic (exact) mass is 390 g/mol. The quantitative estimate of drug-likeness (QED) is 0.705. The molecule has 20 heavy (non-hydrogen) atoms. The first-order valence-corrected chi connectivity index (χ1v) is 8.47. The van der Waals surface area contributed by atoms with Gasteiger partial charge in [0.25, 0.3) is 0 Å². The highest BCUT2D eigenvalue weighted by atomic mass is 79.9. The second-order valence-corrected chi connectivity index (χ2v) is 7.09. The summed E-state index contributed by atoms with van der Waals surface area (Å²) in [6.45, 7) is 0. The van der Waals surface area contributed by atoms with Gasteiger partial charge in [0.15, 0.2) is 5.78 Å². The van der Waals surface area contributed by atoms with Crippen LogP contribution in [0.5, 0.6) is 0 Å². The van der Waals surface area contributed by atoms with Crippen LogP contribution in [-0.2, 0) is 10.8 Å². The summed E-state index contributed by atoms with van der Waals surface area (Å²) >= 11 is 15.3. The van der Waals surface area contributed by atoms with E-state index in [4.69, 9.17) is 23.2 Å². The van der Waals surface area contributed by atoms with E-state index in [2.05, 4.69) is 15.9 Å². The fraction of sp³-hybridized carbons (Fsp3) is 0.0714. The van der Waals surface area contributed by atoms with Crippen molar-refractivity contribution in [3.63, 3.8) is 0 Å². The smallest absolute Gasteiger partial charge is 0.175 e. The molecule has 0 bridgehead atoms. The number of Topliss-reactive ketones (excluding diaryl/α,β-unsaturated/α-hetero) is 1. The minimum Gasteiger partial charge on any atom is -0.293 e. The Morgan fingerprint density at radius 3 is 2.30 bits per heavy atom. The van der Waals surface area contributed by atoms with Gasteiger partial charge in [-0.05, 0) is 24.3 Å². The van der Waals surface area contributed by atoms with Gasteiger partial charge in [0.1, 0.15) is 0 Å². The summed E-state index contributed by atoms with van der Waals surface area (Å²) in [6.07, 6.45) is 0. The van der Waals surface area contributed by atoms with Gasteiger partial charge in [0.05, 0.1) is 31.5 Å². The third-order valence-corrected chi connectivity index (χ3v) is 5.32. The first-order valence-electron chi connectivity index (χ1n) is 5.60. The molecule has 2 nitrogen and oxygen atoms in total. The number of hydrogen-bond donors (Lipinski definition) is 0. The van der Waals surface area contributed by atoms with Gasteiger partial charge in [-0.2, -0.15) is 0 Å². The zero-order chi connectivity index (χ0) is 14.7. The maximum absolute atomic E-state index is 12.3. The van der Waals surface area contributed by atoms with E-state index in [9.17, 15) is 9.00 Å². The van der Waals surface area contributed by atoms with Crippen LogP contribution < -0.4 is 0 Å². The van der Waals surface area contributed by atoms with Gasteiger partial charge < -0.3 is 0 Å². The van der Waals surface area contributed by atoms with Crippen molar-refractivity contribution < 1.29 is 9.00 Å². The third-order valence-electron chi connectivity index (χ3n) is 2.56. The van der Waals surface area contributed by atoms with Gasteiger partial charge in [0.2, 0.25) is 0 Å². The Bertz CT molecular complexity index is 668. The molecule has 1 atom stereocenters. The molecular formula is C14H9BrCl2O2S. The molecule has 2 rings (SSSR count). The maximum Gasteiger partial charge on any atom is 0.175 e. The molecule has 0 saturated carbocycles. The first-order chi connectivity index (χ1) is 9.49. The molecule has 104 valence electrons. The average Bonchev–Trinajstić information content (AvgIpc) is 2.38. The lowest BCUT2D eigenvalue weighted by atomic mass is 10.2. The molecule has 0 aliphatic heterocycles. The summed E-state index contributed by atoms with van der Waals surface area (Å²) in [7, 11) is -1.57. The molecule has 0 N–H and O–H groups in total. The van der Waals surface area contributed by atoms with E-state index in [0.29, 0.717) is 20.5 Å². The van der Waals surface area contributed by atoms with Crippen LogP contribution in [0.15, 0.2) is 51.8 Å². The van der Waals surface area contributed by atoms with Crippen molar-refractivity contribution in [3.05, 3.63) is 62.5 Å². The Kier molecular flexibility index (Phi) is 5.38. The fourth-order valence-electron chi connectivity index (χ4n) is 1.64. The van der Waals surface area contributed by atoms with E-state index in [-0.39, 0.29) is 11.5 Å². The van der Waals surface area contributed by atoms with Crippen LogP contribution in [0.1, 0.15) is 10.4 Å². The largest absolute Gasteiger partial charge is 0.293 e. The zero-order valence-electron chi connectivity index (χ0n) is 10.1. The average molecular weight is 392 g/mol. The number of rotatable bonds is 4. The lowest BCUT2D eigenvalue weighted by Gasteiger charge is -2.06. The number of ketones is 1.